The first-order valence-electron chi connectivity index (χ1n) is 7.06. The van der Waals surface area contributed by atoms with E-state index >= 15 is 0 Å². The Bertz CT molecular complexity index is 612. The van der Waals surface area contributed by atoms with E-state index in [0.29, 0.717) is 31.0 Å². The second-order valence-electron chi connectivity index (χ2n) is 4.76. The van der Waals surface area contributed by atoms with Crippen molar-refractivity contribution in [1.29, 1.82) is 0 Å². The summed E-state index contributed by atoms with van der Waals surface area (Å²) in [5.41, 5.74) is 7.29. The Morgan fingerprint density at radius 3 is 2.55 bits per heavy atom. The number of hydrogen-bond acceptors (Lipinski definition) is 4. The third-order valence-electron chi connectivity index (χ3n) is 3.12. The Labute approximate surface area is 130 Å². The lowest BCUT2D eigenvalue weighted by atomic mass is 10.1. The largest absolute Gasteiger partial charge is 0.497 e. The molecule has 0 aliphatic rings. The number of hydrogen-bond donors (Lipinski definition) is 2. The van der Waals surface area contributed by atoms with Gasteiger partial charge in [-0.2, -0.15) is 0 Å². The molecule has 2 aromatic rings. The standard InChI is InChI=1S/C17H20N2O3/c1-21-14-8-6-13(7-9-14)12-17(20)19-10-11-22-16-5-3-2-4-15(16)18/h2-9H,10-12,18H2,1H3,(H,19,20). The van der Waals surface area contributed by atoms with E-state index in [1.165, 1.54) is 0 Å². The molecule has 0 atom stereocenters. The van der Waals surface area contributed by atoms with Gasteiger partial charge in [0, 0.05) is 0 Å². The first-order valence-corrected chi connectivity index (χ1v) is 7.06. The van der Waals surface area contributed by atoms with Crippen molar-refractivity contribution in [2.24, 2.45) is 0 Å². The third kappa shape index (κ3) is 4.70. The van der Waals surface area contributed by atoms with Crippen LogP contribution in [0.3, 0.4) is 0 Å². The van der Waals surface area contributed by atoms with Crippen LogP contribution in [0.2, 0.25) is 0 Å². The number of nitrogen functional groups attached to an aromatic ring is 1. The fourth-order valence-electron chi connectivity index (χ4n) is 1.95. The van der Waals surface area contributed by atoms with E-state index in [-0.39, 0.29) is 5.91 Å². The molecule has 0 radical (unpaired) electrons. The minimum absolute atomic E-state index is 0.0465. The number of nitrogens with two attached hydrogens (primary N) is 1. The highest BCUT2D eigenvalue weighted by molar-refractivity contribution is 5.78. The summed E-state index contributed by atoms with van der Waals surface area (Å²) in [5.74, 6) is 1.36. The number of carbonyl (C=O) groups is 1. The topological polar surface area (TPSA) is 73.6 Å². The number of anilines is 1. The molecule has 22 heavy (non-hydrogen) atoms. The lowest BCUT2D eigenvalue weighted by Crippen LogP contribution is -2.29. The van der Waals surface area contributed by atoms with Crippen LogP contribution >= 0.6 is 0 Å². The summed E-state index contributed by atoms with van der Waals surface area (Å²) in [6.07, 6.45) is 0.331. The molecule has 0 aliphatic heterocycles. The molecule has 5 nitrogen and oxygen atoms in total. The summed E-state index contributed by atoms with van der Waals surface area (Å²) in [5, 5.41) is 2.81. The minimum Gasteiger partial charge on any atom is -0.497 e. The van der Waals surface area contributed by atoms with Gasteiger partial charge in [0.1, 0.15) is 18.1 Å². The molecule has 2 rings (SSSR count). The van der Waals surface area contributed by atoms with Gasteiger partial charge in [-0.15, -0.1) is 0 Å². The van der Waals surface area contributed by atoms with E-state index in [4.69, 9.17) is 15.2 Å². The summed E-state index contributed by atoms with van der Waals surface area (Å²) in [6.45, 7) is 0.811. The zero-order valence-corrected chi connectivity index (χ0v) is 12.5. The highest BCUT2D eigenvalue weighted by Gasteiger charge is 2.04. The molecule has 1 amide bonds. The highest BCUT2D eigenvalue weighted by Crippen LogP contribution is 2.19. The molecular weight excluding hydrogens is 280 g/mol. The van der Waals surface area contributed by atoms with Crippen LogP contribution in [0.5, 0.6) is 11.5 Å². The van der Waals surface area contributed by atoms with E-state index in [1.807, 2.05) is 36.4 Å². The van der Waals surface area contributed by atoms with Crippen LogP contribution in [0, 0.1) is 0 Å². The number of rotatable bonds is 7. The van der Waals surface area contributed by atoms with Gasteiger partial charge in [-0.3, -0.25) is 4.79 Å². The van der Waals surface area contributed by atoms with Gasteiger partial charge in [0.15, 0.2) is 0 Å². The second kappa shape index (κ2) is 7.93. The SMILES string of the molecule is COc1ccc(CC(=O)NCCOc2ccccc2N)cc1. The molecule has 3 N–H and O–H groups in total. The maximum absolute atomic E-state index is 11.8. The van der Waals surface area contributed by atoms with Crippen LogP contribution in [-0.2, 0) is 11.2 Å². The highest BCUT2D eigenvalue weighted by atomic mass is 16.5. The van der Waals surface area contributed by atoms with Gasteiger partial charge in [-0.1, -0.05) is 24.3 Å². The van der Waals surface area contributed by atoms with Gasteiger partial charge in [-0.05, 0) is 29.8 Å². The lowest BCUT2D eigenvalue weighted by Gasteiger charge is -2.09. The van der Waals surface area contributed by atoms with Crippen molar-refractivity contribution in [3.63, 3.8) is 0 Å². The molecular formula is C17H20N2O3. The van der Waals surface area contributed by atoms with Crippen LogP contribution in [0.4, 0.5) is 5.69 Å². The average Bonchev–Trinajstić information content (AvgIpc) is 2.54. The Morgan fingerprint density at radius 1 is 1.14 bits per heavy atom. The number of benzene rings is 2. The minimum atomic E-state index is -0.0465. The maximum atomic E-state index is 11.8. The molecule has 0 unspecified atom stereocenters. The third-order valence-corrected chi connectivity index (χ3v) is 3.12. The van der Waals surface area contributed by atoms with Crippen molar-refractivity contribution in [2.75, 3.05) is 26.0 Å². The predicted molar refractivity (Wildman–Crippen MR) is 86.1 cm³/mol. The van der Waals surface area contributed by atoms with E-state index in [2.05, 4.69) is 5.32 Å². The summed E-state index contributed by atoms with van der Waals surface area (Å²) in [4.78, 5) is 11.8. The summed E-state index contributed by atoms with van der Waals surface area (Å²) < 4.78 is 10.6. The molecule has 0 aliphatic carbocycles. The number of ether oxygens (including phenoxy) is 2. The van der Waals surface area contributed by atoms with E-state index in [1.54, 1.807) is 19.2 Å². The average molecular weight is 300 g/mol. The zero-order valence-electron chi connectivity index (χ0n) is 12.5. The van der Waals surface area contributed by atoms with Crippen LogP contribution in [-0.4, -0.2) is 26.2 Å². The fourth-order valence-corrected chi connectivity index (χ4v) is 1.95. The van der Waals surface area contributed by atoms with Crippen molar-refractivity contribution < 1.29 is 14.3 Å². The smallest absolute Gasteiger partial charge is 0.224 e. The number of nitrogens with one attached hydrogen (secondary N) is 1. The Morgan fingerprint density at radius 2 is 1.86 bits per heavy atom. The van der Waals surface area contributed by atoms with Gasteiger partial charge < -0.3 is 20.5 Å². The zero-order chi connectivity index (χ0) is 15.8. The first-order chi connectivity index (χ1) is 10.7. The Kier molecular flexibility index (Phi) is 5.65. The predicted octanol–water partition coefficient (Wildman–Crippen LogP) is 2.02. The molecule has 0 bridgehead atoms. The normalized spacial score (nSPS) is 10.0. The van der Waals surface area contributed by atoms with Crippen LogP contribution in [0.15, 0.2) is 48.5 Å². The second-order valence-corrected chi connectivity index (χ2v) is 4.76. The summed E-state index contributed by atoms with van der Waals surface area (Å²) in [6, 6.07) is 14.7. The molecule has 0 heterocycles. The summed E-state index contributed by atoms with van der Waals surface area (Å²) >= 11 is 0. The molecule has 0 aromatic heterocycles. The Balaban J connectivity index is 1.70. The number of carbonyl (C=O) groups excluding carboxylic acids is 1. The van der Waals surface area contributed by atoms with Crippen LogP contribution in [0.1, 0.15) is 5.56 Å². The molecule has 0 saturated heterocycles. The molecule has 2 aromatic carbocycles. The van der Waals surface area contributed by atoms with Gasteiger partial charge in [0.25, 0.3) is 0 Å². The molecule has 116 valence electrons. The van der Waals surface area contributed by atoms with Crippen molar-refractivity contribution in [3.8, 4) is 11.5 Å². The molecule has 5 heteroatoms. The summed E-state index contributed by atoms with van der Waals surface area (Å²) in [7, 11) is 1.61. The number of amides is 1. The maximum Gasteiger partial charge on any atom is 0.224 e. The van der Waals surface area contributed by atoms with Gasteiger partial charge in [-0.25, -0.2) is 0 Å². The van der Waals surface area contributed by atoms with E-state index in [0.717, 1.165) is 11.3 Å². The molecule has 0 saturated carbocycles. The first kappa shape index (κ1) is 15.7. The lowest BCUT2D eigenvalue weighted by molar-refractivity contribution is -0.120. The van der Waals surface area contributed by atoms with Crippen molar-refractivity contribution >= 4 is 11.6 Å². The van der Waals surface area contributed by atoms with Crippen LogP contribution < -0.4 is 20.5 Å². The van der Waals surface area contributed by atoms with Crippen molar-refractivity contribution in [1.82, 2.24) is 5.32 Å². The van der Waals surface area contributed by atoms with E-state index < -0.39 is 0 Å². The monoisotopic (exact) mass is 300 g/mol. The van der Waals surface area contributed by atoms with Crippen molar-refractivity contribution in [2.45, 2.75) is 6.42 Å². The number of methoxy groups -OCH3 is 1. The van der Waals surface area contributed by atoms with Crippen molar-refractivity contribution in [3.05, 3.63) is 54.1 Å². The number of para-hydroxylation sites is 2. The molecule has 0 fully saturated rings. The molecule has 0 spiro atoms. The van der Waals surface area contributed by atoms with Gasteiger partial charge in [0.2, 0.25) is 5.91 Å². The van der Waals surface area contributed by atoms with E-state index in [9.17, 15) is 4.79 Å². The van der Waals surface area contributed by atoms with Gasteiger partial charge >= 0.3 is 0 Å². The van der Waals surface area contributed by atoms with Gasteiger partial charge in [0.05, 0.1) is 25.8 Å². The fraction of sp³-hybridized carbons (Fsp3) is 0.235. The quantitative estimate of drug-likeness (QED) is 0.606. The Hall–Kier alpha value is -2.69. The van der Waals surface area contributed by atoms with Crippen LogP contribution in [0.25, 0.3) is 0 Å².